The van der Waals surface area contributed by atoms with Gasteiger partial charge in [0, 0.05) is 61.0 Å². The van der Waals surface area contributed by atoms with Gasteiger partial charge in [-0.3, -0.25) is 0 Å². The molecule has 2 fully saturated rings. The summed E-state index contributed by atoms with van der Waals surface area (Å²) in [4.78, 5) is 15.1. The molecule has 2 aliphatic rings. The molecule has 0 amide bonds. The van der Waals surface area contributed by atoms with Crippen molar-refractivity contribution in [3.05, 3.63) is 72.1 Å². The largest absolute Gasteiger partial charge is 0.496 e. The van der Waals surface area contributed by atoms with E-state index in [1.807, 2.05) is 12.4 Å². The van der Waals surface area contributed by atoms with Crippen molar-refractivity contribution in [3.63, 3.8) is 0 Å². The van der Waals surface area contributed by atoms with E-state index in [1.165, 1.54) is 5.56 Å². The van der Waals surface area contributed by atoms with Crippen molar-refractivity contribution in [2.24, 2.45) is 5.92 Å². The molecule has 0 spiro atoms. The van der Waals surface area contributed by atoms with Crippen molar-refractivity contribution >= 4 is 11.0 Å². The van der Waals surface area contributed by atoms with Gasteiger partial charge in [-0.15, -0.1) is 0 Å². The standard InChI is InChI=1S/C34H43N5O2/c1-37(2)15-16-39-21-28(22-39)33(40)25-7-5-23(6-8-25)31-20-36-34-30(31)17-27(19-35-34)26-9-10-29(32(18-26)41-4)24-11-13-38(3)14-12-24/h5-10,17-20,24,28,33,40H,11-16,21-22H2,1-4H3,(H,35,36). The van der Waals surface area contributed by atoms with Crippen molar-refractivity contribution < 1.29 is 9.84 Å². The second-order valence-electron chi connectivity index (χ2n) is 12.2. The molecule has 216 valence electrons. The number of ether oxygens (including phenoxy) is 1. The Balaban J connectivity index is 1.19. The molecule has 6 rings (SSSR count). The van der Waals surface area contributed by atoms with Crippen LogP contribution in [0.15, 0.2) is 60.9 Å². The zero-order valence-electron chi connectivity index (χ0n) is 24.8. The average molecular weight is 554 g/mol. The van der Waals surface area contributed by atoms with Gasteiger partial charge in [-0.1, -0.05) is 36.4 Å². The second kappa shape index (κ2) is 11.9. The number of aromatic nitrogens is 2. The Bertz CT molecular complexity index is 1470. The van der Waals surface area contributed by atoms with Crippen LogP contribution >= 0.6 is 0 Å². The van der Waals surface area contributed by atoms with E-state index < -0.39 is 6.10 Å². The highest BCUT2D eigenvalue weighted by Gasteiger charge is 2.33. The molecular weight excluding hydrogens is 510 g/mol. The zero-order valence-corrected chi connectivity index (χ0v) is 24.8. The molecule has 2 N–H and O–H groups in total. The predicted molar refractivity (Wildman–Crippen MR) is 166 cm³/mol. The summed E-state index contributed by atoms with van der Waals surface area (Å²) >= 11 is 0. The number of nitrogens with zero attached hydrogens (tertiary/aromatic N) is 4. The molecule has 2 aromatic heterocycles. The van der Waals surface area contributed by atoms with Crippen LogP contribution in [0.1, 0.15) is 36.0 Å². The van der Waals surface area contributed by atoms with E-state index in [0.717, 1.165) is 96.7 Å². The molecule has 0 bridgehead atoms. The molecule has 41 heavy (non-hydrogen) atoms. The third-order valence-corrected chi connectivity index (χ3v) is 9.11. The smallest absolute Gasteiger partial charge is 0.137 e. The molecule has 1 atom stereocenters. The minimum atomic E-state index is -0.427. The Labute approximate surface area is 243 Å². The van der Waals surface area contributed by atoms with E-state index >= 15 is 0 Å². The van der Waals surface area contributed by atoms with Crippen LogP contribution in [-0.2, 0) is 0 Å². The summed E-state index contributed by atoms with van der Waals surface area (Å²) in [5.41, 5.74) is 7.58. The summed E-state index contributed by atoms with van der Waals surface area (Å²) in [5.74, 6) is 1.80. The van der Waals surface area contributed by atoms with Gasteiger partial charge in [0.15, 0.2) is 0 Å². The van der Waals surface area contributed by atoms with Crippen molar-refractivity contribution in [1.29, 1.82) is 0 Å². The summed E-state index contributed by atoms with van der Waals surface area (Å²) in [6, 6.07) is 17.2. The van der Waals surface area contributed by atoms with Gasteiger partial charge in [-0.2, -0.15) is 0 Å². The van der Waals surface area contributed by atoms with E-state index in [1.54, 1.807) is 7.11 Å². The molecule has 0 aliphatic carbocycles. The Morgan fingerprint density at radius 1 is 1.02 bits per heavy atom. The highest BCUT2D eigenvalue weighted by Crippen LogP contribution is 2.38. The SMILES string of the molecule is COc1cc(-c2cnc3[nH]cc(-c4ccc(C(O)C5CN(CCN(C)C)C5)cc4)c3c2)ccc1C1CCN(C)CC1. The molecular formula is C34H43N5O2. The maximum atomic E-state index is 11.0. The van der Waals surface area contributed by atoms with E-state index in [2.05, 4.69) is 89.4 Å². The number of likely N-dealkylation sites (N-methyl/N-ethyl adjacent to an activating group) is 1. The van der Waals surface area contributed by atoms with E-state index in [-0.39, 0.29) is 0 Å². The van der Waals surface area contributed by atoms with Crippen LogP contribution < -0.4 is 4.74 Å². The molecule has 2 aromatic carbocycles. The molecule has 1 unspecified atom stereocenters. The summed E-state index contributed by atoms with van der Waals surface area (Å²) < 4.78 is 5.87. The number of benzene rings is 2. The summed E-state index contributed by atoms with van der Waals surface area (Å²) in [6.45, 7) is 6.27. The van der Waals surface area contributed by atoms with Crippen LogP contribution in [0, 0.1) is 5.92 Å². The fraction of sp³-hybridized carbons (Fsp3) is 0.441. The molecule has 0 saturated carbocycles. The molecule has 7 heteroatoms. The number of pyridine rings is 1. The van der Waals surface area contributed by atoms with Gasteiger partial charge >= 0.3 is 0 Å². The van der Waals surface area contributed by atoms with Crippen LogP contribution in [0.2, 0.25) is 0 Å². The first kappa shape index (κ1) is 27.9. The molecule has 7 nitrogen and oxygen atoms in total. The summed E-state index contributed by atoms with van der Waals surface area (Å²) in [6.07, 6.45) is 5.87. The van der Waals surface area contributed by atoms with Gasteiger partial charge in [0.2, 0.25) is 0 Å². The number of H-pyrrole nitrogens is 1. The number of methoxy groups -OCH3 is 1. The van der Waals surface area contributed by atoms with Crippen LogP contribution in [0.3, 0.4) is 0 Å². The first-order valence-corrected chi connectivity index (χ1v) is 14.9. The maximum Gasteiger partial charge on any atom is 0.137 e. The van der Waals surface area contributed by atoms with E-state index in [9.17, 15) is 5.11 Å². The quantitative estimate of drug-likeness (QED) is 0.296. The third kappa shape index (κ3) is 5.90. The van der Waals surface area contributed by atoms with Gasteiger partial charge in [-0.05, 0) is 87.4 Å². The van der Waals surface area contributed by atoms with Crippen molar-refractivity contribution in [2.45, 2.75) is 24.9 Å². The number of piperidine rings is 1. The minimum Gasteiger partial charge on any atom is -0.496 e. The minimum absolute atomic E-state index is 0.297. The number of fused-ring (bicyclic) bond motifs is 1. The maximum absolute atomic E-state index is 11.0. The Hall–Kier alpha value is -3.23. The number of nitrogens with one attached hydrogen (secondary N) is 1. The number of hydrogen-bond donors (Lipinski definition) is 2. The Morgan fingerprint density at radius 2 is 1.76 bits per heavy atom. The highest BCUT2D eigenvalue weighted by molar-refractivity contribution is 5.95. The first-order chi connectivity index (χ1) is 19.9. The van der Waals surface area contributed by atoms with E-state index in [4.69, 9.17) is 9.72 Å². The predicted octanol–water partition coefficient (Wildman–Crippen LogP) is 5.24. The zero-order chi connectivity index (χ0) is 28.5. The van der Waals surface area contributed by atoms with E-state index in [0.29, 0.717) is 11.8 Å². The van der Waals surface area contributed by atoms with Crippen molar-refractivity contribution in [2.75, 3.05) is 67.5 Å². The molecule has 4 aromatic rings. The highest BCUT2D eigenvalue weighted by atomic mass is 16.5. The summed E-state index contributed by atoms with van der Waals surface area (Å²) in [5, 5.41) is 12.1. The monoisotopic (exact) mass is 553 g/mol. The van der Waals surface area contributed by atoms with Gasteiger partial charge in [-0.25, -0.2) is 4.98 Å². The third-order valence-electron chi connectivity index (χ3n) is 9.11. The number of likely N-dealkylation sites (tertiary alicyclic amines) is 2. The summed E-state index contributed by atoms with van der Waals surface area (Å²) in [7, 11) is 8.17. The molecule has 4 heterocycles. The lowest BCUT2D eigenvalue weighted by Crippen LogP contribution is -2.51. The fourth-order valence-corrected chi connectivity index (χ4v) is 6.41. The molecule has 2 saturated heterocycles. The Kier molecular flexibility index (Phi) is 8.13. The number of aromatic amines is 1. The van der Waals surface area contributed by atoms with Gasteiger partial charge in [0.1, 0.15) is 11.4 Å². The fourth-order valence-electron chi connectivity index (χ4n) is 6.41. The first-order valence-electron chi connectivity index (χ1n) is 14.9. The molecule has 2 aliphatic heterocycles. The van der Waals surface area contributed by atoms with Crippen molar-refractivity contribution in [3.8, 4) is 28.0 Å². The van der Waals surface area contributed by atoms with Gasteiger partial charge < -0.3 is 29.5 Å². The average Bonchev–Trinajstić information content (AvgIpc) is 3.39. The van der Waals surface area contributed by atoms with Gasteiger partial charge in [0.05, 0.1) is 13.2 Å². The number of aliphatic hydroxyl groups excluding tert-OH is 1. The Morgan fingerprint density at radius 3 is 2.46 bits per heavy atom. The van der Waals surface area contributed by atoms with Crippen molar-refractivity contribution in [1.82, 2.24) is 24.7 Å². The lowest BCUT2D eigenvalue weighted by molar-refractivity contribution is -0.00718. The van der Waals surface area contributed by atoms with Crippen LogP contribution in [0.25, 0.3) is 33.3 Å². The topological polar surface area (TPSA) is 67.9 Å². The number of aliphatic hydroxyl groups is 1. The lowest BCUT2D eigenvalue weighted by Gasteiger charge is -2.42. The molecule has 0 radical (unpaired) electrons. The van der Waals surface area contributed by atoms with Crippen LogP contribution in [-0.4, -0.2) is 97.3 Å². The van der Waals surface area contributed by atoms with Crippen LogP contribution in [0.5, 0.6) is 5.75 Å². The number of hydrogen-bond acceptors (Lipinski definition) is 6. The van der Waals surface area contributed by atoms with Crippen LogP contribution in [0.4, 0.5) is 0 Å². The van der Waals surface area contributed by atoms with Gasteiger partial charge in [0.25, 0.3) is 0 Å². The normalized spacial score (nSPS) is 18.2. The second-order valence-corrected chi connectivity index (χ2v) is 12.2. The lowest BCUT2D eigenvalue weighted by atomic mass is 9.87. The number of rotatable bonds is 9.